The Kier molecular flexibility index (Phi) is 40.0. The van der Waals surface area contributed by atoms with E-state index in [0.717, 1.165) is 58.2 Å². The van der Waals surface area contributed by atoms with Gasteiger partial charge in [0.1, 0.15) is 0 Å². The molecule has 0 saturated heterocycles. The van der Waals surface area contributed by atoms with Gasteiger partial charge in [-0.15, -0.1) is 11.6 Å². The molecular weight excluding hydrogens is 670 g/mol. The number of ether oxygens (including phenoxy) is 2. The van der Waals surface area contributed by atoms with Crippen molar-refractivity contribution in [3.63, 3.8) is 0 Å². The lowest BCUT2D eigenvalue weighted by molar-refractivity contribution is 0.119. The lowest BCUT2D eigenvalue weighted by Crippen LogP contribution is -2.31. The predicted octanol–water partition coefficient (Wildman–Crippen LogP) is 13.2. The number of carbonyl (C=O) groups is 2. The second kappa shape index (κ2) is 41.0. The van der Waals surface area contributed by atoms with E-state index in [1.807, 2.05) is 0 Å². The molecule has 8 heteroatoms. The van der Waals surface area contributed by atoms with Gasteiger partial charge >= 0.3 is 12.2 Å². The van der Waals surface area contributed by atoms with Crippen molar-refractivity contribution in [1.29, 1.82) is 0 Å². The highest BCUT2D eigenvalue weighted by atomic mass is 35.5. The molecule has 0 aromatic carbocycles. The fraction of sp³-hybridized carbons (Fsp3) is 0.955. The first kappa shape index (κ1) is 50.8. The molecule has 310 valence electrons. The quantitative estimate of drug-likeness (QED) is 0.0480. The van der Waals surface area contributed by atoms with Crippen LogP contribution in [0.4, 0.5) is 9.59 Å². The van der Waals surface area contributed by atoms with Gasteiger partial charge in [0.05, 0.1) is 13.2 Å². The Morgan fingerprint density at radius 2 is 0.788 bits per heavy atom. The molecule has 0 bridgehead atoms. The largest absolute Gasteiger partial charge is 0.449 e. The fourth-order valence-electron chi connectivity index (χ4n) is 7.01. The molecule has 0 spiro atoms. The van der Waals surface area contributed by atoms with Crippen LogP contribution in [0.2, 0.25) is 0 Å². The van der Waals surface area contributed by atoms with E-state index in [9.17, 15) is 9.59 Å². The molecule has 0 fully saturated rings. The summed E-state index contributed by atoms with van der Waals surface area (Å²) < 4.78 is 11.4. The number of halogens is 1. The van der Waals surface area contributed by atoms with E-state index >= 15 is 0 Å². The van der Waals surface area contributed by atoms with Crippen molar-refractivity contribution in [2.75, 3.05) is 51.8 Å². The molecular formula is C44H88ClN3O4. The summed E-state index contributed by atoms with van der Waals surface area (Å²) in [5.74, 6) is 1.57. The maximum atomic E-state index is 12.4. The van der Waals surface area contributed by atoms with E-state index in [1.54, 1.807) is 0 Å². The van der Waals surface area contributed by atoms with Gasteiger partial charge in [0, 0.05) is 25.5 Å². The van der Waals surface area contributed by atoms with Crippen molar-refractivity contribution in [2.24, 2.45) is 11.8 Å². The summed E-state index contributed by atoms with van der Waals surface area (Å²) >= 11 is 6.11. The van der Waals surface area contributed by atoms with Crippen LogP contribution in [0.25, 0.3) is 0 Å². The maximum Gasteiger partial charge on any atom is 0.407 e. The van der Waals surface area contributed by atoms with Crippen LogP contribution in [0.1, 0.15) is 207 Å². The molecule has 0 rings (SSSR count). The number of alkyl halides is 1. The Labute approximate surface area is 328 Å². The summed E-state index contributed by atoms with van der Waals surface area (Å²) in [4.78, 5) is 27.3. The van der Waals surface area contributed by atoms with Crippen LogP contribution in [0.3, 0.4) is 0 Å². The molecule has 2 atom stereocenters. The molecule has 2 unspecified atom stereocenters. The number of alkyl carbamates (subject to hydrolysis) is 2. The summed E-state index contributed by atoms with van der Waals surface area (Å²) in [7, 11) is 0. The number of hydrogen-bond acceptors (Lipinski definition) is 5. The Morgan fingerprint density at radius 1 is 0.462 bits per heavy atom. The van der Waals surface area contributed by atoms with E-state index in [-0.39, 0.29) is 12.2 Å². The van der Waals surface area contributed by atoms with Gasteiger partial charge in [-0.3, -0.25) is 0 Å². The standard InChI is InChI=1S/C44H88ClN3O4/c1-5-9-13-17-19-23-31-41(29-21-15-11-7-3)39-51-43(49)46-34-25-27-36-48(38-33-45)37-28-26-35-47-44(50)52-40-42(30-22-16-12-8-4)32-24-20-18-14-10-6-2/h41-42H,5-40H2,1-4H3,(H,46,49)(H,47,50). The minimum atomic E-state index is -0.273. The highest BCUT2D eigenvalue weighted by Gasteiger charge is 2.14. The summed E-state index contributed by atoms with van der Waals surface area (Å²) in [6.45, 7) is 14.1. The zero-order valence-electron chi connectivity index (χ0n) is 35.1. The number of rotatable bonds is 40. The third kappa shape index (κ3) is 35.8. The molecule has 0 radical (unpaired) electrons. The lowest BCUT2D eigenvalue weighted by atomic mass is 9.95. The number of amides is 2. The molecule has 52 heavy (non-hydrogen) atoms. The molecule has 2 amide bonds. The second-order valence-corrected chi connectivity index (χ2v) is 15.9. The van der Waals surface area contributed by atoms with Crippen LogP contribution in [-0.2, 0) is 9.47 Å². The van der Waals surface area contributed by atoms with Crippen molar-refractivity contribution < 1.29 is 19.1 Å². The molecule has 0 aliphatic carbocycles. The Morgan fingerprint density at radius 3 is 1.13 bits per heavy atom. The predicted molar refractivity (Wildman–Crippen MR) is 225 cm³/mol. The van der Waals surface area contributed by atoms with Crippen LogP contribution in [0.5, 0.6) is 0 Å². The van der Waals surface area contributed by atoms with Gasteiger partial charge in [-0.2, -0.15) is 0 Å². The van der Waals surface area contributed by atoms with Crippen molar-refractivity contribution in [3.05, 3.63) is 0 Å². The number of carbonyl (C=O) groups excluding carboxylic acids is 2. The Bertz CT molecular complexity index is 701. The molecule has 0 aromatic rings. The molecule has 0 saturated carbocycles. The fourth-order valence-corrected chi connectivity index (χ4v) is 7.25. The first-order valence-corrected chi connectivity index (χ1v) is 23.1. The average molecular weight is 759 g/mol. The topological polar surface area (TPSA) is 79.9 Å². The summed E-state index contributed by atoms with van der Waals surface area (Å²) in [6, 6.07) is 0. The molecule has 7 nitrogen and oxygen atoms in total. The average Bonchev–Trinajstić information content (AvgIpc) is 3.14. The van der Waals surface area contributed by atoms with E-state index in [2.05, 4.69) is 43.2 Å². The minimum absolute atomic E-state index is 0.273. The van der Waals surface area contributed by atoms with Gasteiger partial charge in [0.2, 0.25) is 0 Å². The van der Waals surface area contributed by atoms with Gasteiger partial charge in [-0.1, -0.05) is 156 Å². The zero-order valence-corrected chi connectivity index (χ0v) is 35.8. The van der Waals surface area contributed by atoms with Crippen molar-refractivity contribution >= 4 is 23.8 Å². The smallest absolute Gasteiger partial charge is 0.407 e. The second-order valence-electron chi connectivity index (χ2n) is 15.5. The van der Waals surface area contributed by atoms with E-state index in [1.165, 1.54) is 141 Å². The lowest BCUT2D eigenvalue weighted by Gasteiger charge is -2.21. The summed E-state index contributed by atoms with van der Waals surface area (Å²) in [5, 5.41) is 5.95. The zero-order chi connectivity index (χ0) is 38.2. The molecule has 0 aliphatic heterocycles. The summed E-state index contributed by atoms with van der Waals surface area (Å²) in [5.41, 5.74) is 0. The van der Waals surface area contributed by atoms with Crippen LogP contribution in [0, 0.1) is 11.8 Å². The van der Waals surface area contributed by atoms with Crippen molar-refractivity contribution in [1.82, 2.24) is 15.5 Å². The Hall–Kier alpha value is -1.21. The van der Waals surface area contributed by atoms with Gasteiger partial charge in [0.15, 0.2) is 0 Å². The molecule has 2 N–H and O–H groups in total. The number of nitrogens with zero attached hydrogens (tertiary/aromatic N) is 1. The van der Waals surface area contributed by atoms with E-state index in [4.69, 9.17) is 21.1 Å². The number of nitrogens with one attached hydrogen (secondary N) is 2. The summed E-state index contributed by atoms with van der Waals surface area (Å²) in [6.07, 6.45) is 33.7. The number of hydrogen-bond donors (Lipinski definition) is 2. The van der Waals surface area contributed by atoms with Crippen LogP contribution < -0.4 is 10.6 Å². The third-order valence-corrected chi connectivity index (χ3v) is 10.7. The van der Waals surface area contributed by atoms with Gasteiger partial charge in [-0.25, -0.2) is 9.59 Å². The van der Waals surface area contributed by atoms with Gasteiger partial charge < -0.3 is 25.0 Å². The van der Waals surface area contributed by atoms with E-state index in [0.29, 0.717) is 44.0 Å². The maximum absolute atomic E-state index is 12.4. The van der Waals surface area contributed by atoms with Crippen LogP contribution in [0.15, 0.2) is 0 Å². The normalized spacial score (nSPS) is 12.6. The highest BCUT2D eigenvalue weighted by molar-refractivity contribution is 6.18. The van der Waals surface area contributed by atoms with Gasteiger partial charge in [0.25, 0.3) is 0 Å². The highest BCUT2D eigenvalue weighted by Crippen LogP contribution is 2.21. The first-order valence-electron chi connectivity index (χ1n) is 22.6. The van der Waals surface area contributed by atoms with Crippen LogP contribution in [-0.4, -0.2) is 68.9 Å². The Balaban J connectivity index is 4.22. The van der Waals surface area contributed by atoms with Crippen molar-refractivity contribution in [2.45, 2.75) is 207 Å². The third-order valence-electron chi connectivity index (χ3n) is 10.5. The molecule has 0 heterocycles. The monoisotopic (exact) mass is 758 g/mol. The minimum Gasteiger partial charge on any atom is -0.449 e. The van der Waals surface area contributed by atoms with Crippen molar-refractivity contribution in [3.8, 4) is 0 Å². The van der Waals surface area contributed by atoms with E-state index < -0.39 is 0 Å². The van der Waals surface area contributed by atoms with Gasteiger partial charge in [-0.05, 0) is 76.3 Å². The first-order chi connectivity index (χ1) is 25.5. The van der Waals surface area contributed by atoms with Crippen LogP contribution >= 0.6 is 11.6 Å². The molecule has 0 aliphatic rings. The number of unbranched alkanes of at least 4 members (excludes halogenated alkanes) is 18. The molecule has 0 aromatic heterocycles. The SMILES string of the molecule is CCCCCCCCC(CCCCCC)COC(=O)NCCCCN(CCCl)CCCCNC(=O)OCC(CCCCCC)CCCCCCCC.